The molecule has 0 spiro atoms. The largest absolute Gasteiger partial charge is 0.494 e. The Balaban J connectivity index is 2.35. The zero-order valence-corrected chi connectivity index (χ0v) is 9.21. The quantitative estimate of drug-likeness (QED) is 0.797. The topological polar surface area (TPSA) is 35.2 Å². The fourth-order valence-corrected chi connectivity index (χ4v) is 1.07. The lowest BCUT2D eigenvalue weighted by atomic mass is 10.0. The van der Waals surface area contributed by atoms with E-state index >= 15 is 0 Å². The van der Waals surface area contributed by atoms with Gasteiger partial charge < -0.3 is 10.5 Å². The molecule has 0 radical (unpaired) electrons. The van der Waals surface area contributed by atoms with Crippen LogP contribution in [0.5, 0.6) is 5.75 Å². The summed E-state index contributed by atoms with van der Waals surface area (Å²) in [6, 6.07) is 8.06. The summed E-state index contributed by atoms with van der Waals surface area (Å²) in [5, 5.41) is 0. The molecule has 1 aromatic rings. The lowest BCUT2D eigenvalue weighted by molar-refractivity contribution is 0.274. The highest BCUT2D eigenvalue weighted by Crippen LogP contribution is 2.12. The average molecular weight is 193 g/mol. The van der Waals surface area contributed by atoms with E-state index in [1.165, 1.54) is 5.56 Å². The Kier molecular flexibility index (Phi) is 3.53. The van der Waals surface area contributed by atoms with Crippen LogP contribution in [0.4, 0.5) is 0 Å². The lowest BCUT2D eigenvalue weighted by Gasteiger charge is -2.18. The minimum absolute atomic E-state index is 0.148. The highest BCUT2D eigenvalue weighted by Gasteiger charge is 2.09. The van der Waals surface area contributed by atoms with Gasteiger partial charge in [-0.25, -0.2) is 0 Å². The summed E-state index contributed by atoms with van der Waals surface area (Å²) in [6.45, 7) is 6.75. The van der Waals surface area contributed by atoms with Gasteiger partial charge in [0.25, 0.3) is 0 Å². The van der Waals surface area contributed by atoms with Crippen LogP contribution >= 0.6 is 0 Å². The predicted molar refractivity (Wildman–Crippen MR) is 59.6 cm³/mol. The third-order valence-electron chi connectivity index (χ3n) is 2.04. The Bertz CT molecular complexity index is 271. The van der Waals surface area contributed by atoms with Crippen molar-refractivity contribution < 1.29 is 4.74 Å². The van der Waals surface area contributed by atoms with Crippen molar-refractivity contribution in [3.05, 3.63) is 29.8 Å². The molecule has 0 atom stereocenters. The third kappa shape index (κ3) is 4.28. The van der Waals surface area contributed by atoms with Gasteiger partial charge in [-0.3, -0.25) is 0 Å². The number of aryl methyl sites for hydroxylation is 1. The molecule has 0 aliphatic rings. The van der Waals surface area contributed by atoms with Crippen LogP contribution < -0.4 is 10.5 Å². The van der Waals surface area contributed by atoms with Crippen LogP contribution in [0.1, 0.15) is 25.8 Å². The summed E-state index contributed by atoms with van der Waals surface area (Å²) in [5.74, 6) is 0.917. The van der Waals surface area contributed by atoms with E-state index < -0.39 is 0 Å². The molecule has 0 unspecified atom stereocenters. The Hall–Kier alpha value is -1.02. The molecule has 2 N–H and O–H groups in total. The molecule has 0 aliphatic heterocycles. The number of benzene rings is 1. The maximum Gasteiger partial charge on any atom is 0.119 e. The second-order valence-corrected chi connectivity index (χ2v) is 4.40. The molecule has 0 heterocycles. The number of nitrogens with two attached hydrogens (primary N) is 1. The molecular formula is C12H19NO. The summed E-state index contributed by atoms with van der Waals surface area (Å²) in [4.78, 5) is 0. The smallest absolute Gasteiger partial charge is 0.119 e. The molecule has 2 nitrogen and oxygen atoms in total. The van der Waals surface area contributed by atoms with Crippen LogP contribution in [0, 0.1) is 6.92 Å². The molecule has 1 rings (SSSR count). The van der Waals surface area contributed by atoms with Crippen molar-refractivity contribution in [2.75, 3.05) is 6.61 Å². The van der Waals surface area contributed by atoms with Gasteiger partial charge in [0.15, 0.2) is 0 Å². The molecule has 14 heavy (non-hydrogen) atoms. The van der Waals surface area contributed by atoms with E-state index in [1.54, 1.807) is 0 Å². The van der Waals surface area contributed by atoms with Crippen molar-refractivity contribution in [2.24, 2.45) is 5.73 Å². The summed E-state index contributed by atoms with van der Waals surface area (Å²) in [5.41, 5.74) is 6.94. The molecule has 0 saturated heterocycles. The van der Waals surface area contributed by atoms with E-state index in [4.69, 9.17) is 10.5 Å². The van der Waals surface area contributed by atoms with E-state index in [2.05, 4.69) is 6.92 Å². The van der Waals surface area contributed by atoms with E-state index in [9.17, 15) is 0 Å². The van der Waals surface area contributed by atoms with Gasteiger partial charge in [0.05, 0.1) is 6.61 Å². The van der Waals surface area contributed by atoms with Crippen LogP contribution in [0.25, 0.3) is 0 Å². The molecule has 2 heteroatoms. The third-order valence-corrected chi connectivity index (χ3v) is 2.04. The van der Waals surface area contributed by atoms with Crippen LogP contribution in [-0.2, 0) is 0 Å². The monoisotopic (exact) mass is 193 g/mol. The molecule has 0 aliphatic carbocycles. The summed E-state index contributed by atoms with van der Waals surface area (Å²) in [7, 11) is 0. The normalized spacial score (nSPS) is 11.4. The van der Waals surface area contributed by atoms with Crippen molar-refractivity contribution in [3.8, 4) is 5.75 Å². The SMILES string of the molecule is Cc1ccc(OCCC(C)(C)N)cc1. The van der Waals surface area contributed by atoms with Gasteiger partial charge >= 0.3 is 0 Å². The standard InChI is InChI=1S/C12H19NO/c1-10-4-6-11(7-5-10)14-9-8-12(2,3)13/h4-7H,8-9,13H2,1-3H3. The van der Waals surface area contributed by atoms with E-state index in [0.717, 1.165) is 12.2 Å². The zero-order chi connectivity index (χ0) is 10.6. The first-order valence-electron chi connectivity index (χ1n) is 4.96. The maximum atomic E-state index is 5.84. The highest BCUT2D eigenvalue weighted by atomic mass is 16.5. The summed E-state index contributed by atoms with van der Waals surface area (Å²) in [6.07, 6.45) is 0.862. The highest BCUT2D eigenvalue weighted by molar-refractivity contribution is 5.26. The summed E-state index contributed by atoms with van der Waals surface area (Å²) < 4.78 is 5.56. The molecular weight excluding hydrogens is 174 g/mol. The molecule has 0 saturated carbocycles. The van der Waals surface area contributed by atoms with Gasteiger partial charge in [0.1, 0.15) is 5.75 Å². The first kappa shape index (κ1) is 11.1. The van der Waals surface area contributed by atoms with Gasteiger partial charge in [-0.2, -0.15) is 0 Å². The van der Waals surface area contributed by atoms with Crippen molar-refractivity contribution in [1.29, 1.82) is 0 Å². The summed E-state index contributed by atoms with van der Waals surface area (Å²) >= 11 is 0. The molecule has 0 amide bonds. The molecule has 0 bridgehead atoms. The van der Waals surface area contributed by atoms with Crippen LogP contribution in [0.15, 0.2) is 24.3 Å². The minimum atomic E-state index is -0.148. The number of hydrogen-bond donors (Lipinski definition) is 1. The van der Waals surface area contributed by atoms with Crippen molar-refractivity contribution in [1.82, 2.24) is 0 Å². The van der Waals surface area contributed by atoms with E-state index in [-0.39, 0.29) is 5.54 Å². The van der Waals surface area contributed by atoms with E-state index in [0.29, 0.717) is 6.61 Å². The first-order chi connectivity index (χ1) is 6.47. The zero-order valence-electron chi connectivity index (χ0n) is 9.21. The Morgan fingerprint density at radius 3 is 2.29 bits per heavy atom. The maximum absolute atomic E-state index is 5.84. The van der Waals surface area contributed by atoms with Crippen LogP contribution in [-0.4, -0.2) is 12.1 Å². The van der Waals surface area contributed by atoms with Crippen molar-refractivity contribution >= 4 is 0 Å². The minimum Gasteiger partial charge on any atom is -0.494 e. The molecule has 1 aromatic carbocycles. The molecule has 78 valence electrons. The predicted octanol–water partition coefficient (Wildman–Crippen LogP) is 2.50. The Labute approximate surface area is 86.1 Å². The van der Waals surface area contributed by atoms with E-state index in [1.807, 2.05) is 38.1 Å². The Morgan fingerprint density at radius 1 is 1.21 bits per heavy atom. The van der Waals surface area contributed by atoms with Crippen LogP contribution in [0.3, 0.4) is 0 Å². The van der Waals surface area contributed by atoms with Gasteiger partial charge in [-0.15, -0.1) is 0 Å². The fourth-order valence-electron chi connectivity index (χ4n) is 1.07. The van der Waals surface area contributed by atoms with Gasteiger partial charge in [0.2, 0.25) is 0 Å². The molecule has 0 fully saturated rings. The molecule has 0 aromatic heterocycles. The van der Waals surface area contributed by atoms with Crippen molar-refractivity contribution in [3.63, 3.8) is 0 Å². The first-order valence-corrected chi connectivity index (χ1v) is 4.96. The van der Waals surface area contributed by atoms with Gasteiger partial charge in [-0.05, 0) is 39.3 Å². The van der Waals surface area contributed by atoms with Gasteiger partial charge in [-0.1, -0.05) is 17.7 Å². The Morgan fingerprint density at radius 2 is 1.79 bits per heavy atom. The lowest BCUT2D eigenvalue weighted by Crippen LogP contribution is -2.33. The average Bonchev–Trinajstić information content (AvgIpc) is 2.06. The fraction of sp³-hybridized carbons (Fsp3) is 0.500. The second kappa shape index (κ2) is 4.47. The van der Waals surface area contributed by atoms with Crippen LogP contribution in [0.2, 0.25) is 0 Å². The second-order valence-electron chi connectivity index (χ2n) is 4.40. The number of ether oxygens (including phenoxy) is 1. The van der Waals surface area contributed by atoms with Crippen molar-refractivity contribution in [2.45, 2.75) is 32.7 Å². The van der Waals surface area contributed by atoms with Gasteiger partial charge in [0, 0.05) is 5.54 Å². The number of rotatable bonds is 4. The number of hydrogen-bond acceptors (Lipinski definition) is 2.